The highest BCUT2D eigenvalue weighted by atomic mass is 19.4. The van der Waals surface area contributed by atoms with Crippen LogP contribution in [0, 0.1) is 5.92 Å². The van der Waals surface area contributed by atoms with E-state index in [1.807, 2.05) is 0 Å². The first-order valence-corrected chi connectivity index (χ1v) is 12.9. The SMILES string of the molecule is CCCc1cc(C(O)(C(F)(F)F)C(F)(F)F)cc(CCC)c1OCCCCN1C(=O)NC(C)(C2CC2)C1=O. The van der Waals surface area contributed by atoms with Crippen molar-refractivity contribution in [3.8, 4) is 5.75 Å². The molecule has 1 atom stereocenters. The molecule has 1 saturated carbocycles. The van der Waals surface area contributed by atoms with Crippen molar-refractivity contribution in [2.24, 2.45) is 5.92 Å². The number of rotatable bonds is 12. The van der Waals surface area contributed by atoms with Gasteiger partial charge in [0.15, 0.2) is 0 Å². The second kappa shape index (κ2) is 10.9. The molecule has 0 bridgehead atoms. The maximum Gasteiger partial charge on any atom is 0.430 e. The molecule has 1 saturated heterocycles. The minimum absolute atomic E-state index is 0.0825. The minimum Gasteiger partial charge on any atom is -0.493 e. The number of unbranched alkanes of at least 4 members (excludes halogenated alkanes) is 1. The van der Waals surface area contributed by atoms with Crippen molar-refractivity contribution >= 4 is 11.9 Å². The van der Waals surface area contributed by atoms with Crippen LogP contribution in [0.1, 0.15) is 76.0 Å². The molecule has 1 heterocycles. The molecule has 0 spiro atoms. The zero-order valence-electron chi connectivity index (χ0n) is 21.7. The molecule has 2 N–H and O–H groups in total. The Kier molecular flexibility index (Phi) is 8.65. The fourth-order valence-electron chi connectivity index (χ4n) is 4.95. The van der Waals surface area contributed by atoms with Gasteiger partial charge in [-0.05, 0) is 74.6 Å². The molecule has 6 nitrogen and oxygen atoms in total. The summed E-state index contributed by atoms with van der Waals surface area (Å²) in [7, 11) is 0. The average molecular weight is 553 g/mol. The Morgan fingerprint density at radius 1 is 1.00 bits per heavy atom. The second-order valence-corrected chi connectivity index (χ2v) is 10.2. The van der Waals surface area contributed by atoms with E-state index >= 15 is 0 Å². The van der Waals surface area contributed by atoms with Crippen LogP contribution in [0.4, 0.5) is 31.1 Å². The molecule has 2 aliphatic rings. The lowest BCUT2D eigenvalue weighted by Crippen LogP contribution is -2.54. The molecule has 1 aromatic carbocycles. The van der Waals surface area contributed by atoms with Crippen LogP contribution < -0.4 is 10.1 Å². The van der Waals surface area contributed by atoms with Gasteiger partial charge in [0.2, 0.25) is 0 Å². The van der Waals surface area contributed by atoms with Gasteiger partial charge < -0.3 is 15.2 Å². The number of carbonyl (C=O) groups excluding carboxylic acids is 2. The number of nitrogens with zero attached hydrogens (tertiary/aromatic N) is 1. The Bertz CT molecular complexity index is 997. The van der Waals surface area contributed by atoms with Crippen molar-refractivity contribution in [1.29, 1.82) is 0 Å². The Morgan fingerprint density at radius 2 is 1.53 bits per heavy atom. The number of carbonyl (C=O) groups is 2. The van der Waals surface area contributed by atoms with Crippen molar-refractivity contribution < 1.29 is 45.8 Å². The van der Waals surface area contributed by atoms with Gasteiger partial charge in [-0.3, -0.25) is 9.69 Å². The lowest BCUT2D eigenvalue weighted by molar-refractivity contribution is -0.376. The summed E-state index contributed by atoms with van der Waals surface area (Å²) in [5, 5.41) is 12.7. The van der Waals surface area contributed by atoms with Gasteiger partial charge in [0.05, 0.1) is 6.61 Å². The quantitative estimate of drug-likeness (QED) is 0.196. The van der Waals surface area contributed by atoms with Crippen LogP contribution in [0.3, 0.4) is 0 Å². The van der Waals surface area contributed by atoms with Gasteiger partial charge in [-0.25, -0.2) is 4.79 Å². The van der Waals surface area contributed by atoms with Crippen LogP contribution in [-0.2, 0) is 23.2 Å². The zero-order valence-corrected chi connectivity index (χ0v) is 21.7. The average Bonchev–Trinajstić information content (AvgIpc) is 3.63. The number of urea groups is 1. The maximum absolute atomic E-state index is 13.5. The van der Waals surface area contributed by atoms with E-state index in [4.69, 9.17) is 4.74 Å². The molecule has 1 aliphatic heterocycles. The van der Waals surface area contributed by atoms with Crippen molar-refractivity contribution in [3.63, 3.8) is 0 Å². The number of aliphatic hydroxyl groups is 1. The zero-order chi connectivity index (χ0) is 28.5. The predicted octanol–water partition coefficient (Wildman–Crippen LogP) is 5.78. The maximum atomic E-state index is 13.5. The first kappa shape index (κ1) is 30.0. The topological polar surface area (TPSA) is 78.9 Å². The number of ether oxygens (including phenoxy) is 1. The fourth-order valence-corrected chi connectivity index (χ4v) is 4.95. The number of amides is 3. The number of alkyl halides is 6. The fraction of sp³-hybridized carbons (Fsp3) is 0.692. The van der Waals surface area contributed by atoms with Crippen LogP contribution in [0.5, 0.6) is 5.75 Å². The number of benzene rings is 1. The van der Waals surface area contributed by atoms with E-state index in [0.717, 1.165) is 25.0 Å². The number of hydrogen-bond acceptors (Lipinski definition) is 4. The van der Waals surface area contributed by atoms with Crippen LogP contribution in [0.2, 0.25) is 0 Å². The van der Waals surface area contributed by atoms with Gasteiger partial charge in [0.1, 0.15) is 11.3 Å². The van der Waals surface area contributed by atoms with Gasteiger partial charge in [-0.15, -0.1) is 0 Å². The summed E-state index contributed by atoms with van der Waals surface area (Å²) < 4.78 is 87.1. The van der Waals surface area contributed by atoms with Crippen molar-refractivity contribution in [2.45, 2.75) is 95.6 Å². The van der Waals surface area contributed by atoms with E-state index < -0.39 is 35.1 Å². The first-order chi connectivity index (χ1) is 17.6. The van der Waals surface area contributed by atoms with E-state index in [1.165, 1.54) is 4.90 Å². The van der Waals surface area contributed by atoms with E-state index in [0.29, 0.717) is 25.7 Å². The Hall–Kier alpha value is -2.50. The summed E-state index contributed by atoms with van der Waals surface area (Å²) in [6, 6.07) is 1.01. The number of halogens is 6. The number of hydrogen-bond donors (Lipinski definition) is 2. The molecule has 1 aliphatic carbocycles. The van der Waals surface area contributed by atoms with Crippen molar-refractivity contribution in [1.82, 2.24) is 10.2 Å². The lowest BCUT2D eigenvalue weighted by Gasteiger charge is -2.33. The van der Waals surface area contributed by atoms with Gasteiger partial charge in [0, 0.05) is 12.1 Å². The lowest BCUT2D eigenvalue weighted by atomic mass is 9.87. The van der Waals surface area contributed by atoms with Crippen molar-refractivity contribution in [3.05, 3.63) is 28.8 Å². The predicted molar refractivity (Wildman–Crippen MR) is 127 cm³/mol. The number of imide groups is 1. The molecule has 214 valence electrons. The molecule has 12 heteroatoms. The minimum atomic E-state index is -5.98. The largest absolute Gasteiger partial charge is 0.493 e. The summed E-state index contributed by atoms with van der Waals surface area (Å²) >= 11 is 0. The third-order valence-corrected chi connectivity index (χ3v) is 7.24. The van der Waals surface area contributed by atoms with Gasteiger partial charge in [-0.2, -0.15) is 26.3 Å². The van der Waals surface area contributed by atoms with E-state index in [9.17, 15) is 41.0 Å². The highest BCUT2D eigenvalue weighted by Gasteiger charge is 2.71. The van der Waals surface area contributed by atoms with E-state index in [1.54, 1.807) is 20.8 Å². The summed E-state index contributed by atoms with van der Waals surface area (Å²) in [4.78, 5) is 26.2. The van der Waals surface area contributed by atoms with Crippen LogP contribution >= 0.6 is 0 Å². The Balaban J connectivity index is 1.76. The Labute approximate surface area is 217 Å². The molecule has 1 aromatic rings. The Morgan fingerprint density at radius 3 is 1.97 bits per heavy atom. The molecule has 0 aromatic heterocycles. The van der Waals surface area contributed by atoms with Gasteiger partial charge in [-0.1, -0.05) is 26.7 Å². The highest BCUT2D eigenvalue weighted by Crippen LogP contribution is 2.51. The smallest absolute Gasteiger partial charge is 0.430 e. The molecule has 1 unspecified atom stereocenters. The number of nitrogens with one attached hydrogen (secondary N) is 1. The van der Waals surface area contributed by atoms with E-state index in [-0.39, 0.29) is 54.7 Å². The molecule has 3 amide bonds. The molecule has 38 heavy (non-hydrogen) atoms. The van der Waals surface area contributed by atoms with Crippen LogP contribution in [0.25, 0.3) is 0 Å². The highest BCUT2D eigenvalue weighted by molar-refractivity contribution is 6.07. The summed E-state index contributed by atoms with van der Waals surface area (Å²) in [6.45, 7) is 5.43. The molecule has 0 radical (unpaired) electrons. The summed E-state index contributed by atoms with van der Waals surface area (Å²) in [6.07, 6.45) is -8.25. The van der Waals surface area contributed by atoms with Crippen LogP contribution in [0.15, 0.2) is 12.1 Å². The molecule has 2 fully saturated rings. The number of aryl methyl sites for hydroxylation is 2. The molecule has 3 rings (SSSR count). The van der Waals surface area contributed by atoms with Crippen LogP contribution in [-0.4, -0.2) is 53.0 Å². The van der Waals surface area contributed by atoms with Crippen molar-refractivity contribution in [2.75, 3.05) is 13.2 Å². The van der Waals surface area contributed by atoms with E-state index in [2.05, 4.69) is 5.32 Å². The monoisotopic (exact) mass is 552 g/mol. The molecular weight excluding hydrogens is 518 g/mol. The second-order valence-electron chi connectivity index (χ2n) is 10.2. The van der Waals surface area contributed by atoms with Gasteiger partial charge >= 0.3 is 18.4 Å². The third-order valence-electron chi connectivity index (χ3n) is 7.24. The summed E-state index contributed by atoms with van der Waals surface area (Å²) in [5.41, 5.74) is -6.88. The summed E-state index contributed by atoms with van der Waals surface area (Å²) in [5.74, 6) is 0.0795. The standard InChI is InChI=1S/C26H34F6N2O4/c1-4-8-16-14-19(24(37,25(27,28)29)26(30,31)32)15-17(9-5-2)20(16)38-13-7-6-12-34-21(35)23(3,18-10-11-18)33-22(34)36/h14-15,18,37H,4-13H2,1-3H3,(H,33,36). The molecular formula is C26H34F6N2O4. The first-order valence-electron chi connectivity index (χ1n) is 12.9. The van der Waals surface area contributed by atoms with Gasteiger partial charge in [0.25, 0.3) is 11.5 Å². The normalized spacial score (nSPS) is 20.7. The third kappa shape index (κ3) is 5.60.